The number of hydrogen-bond donors (Lipinski definition) is 1. The second-order valence-corrected chi connectivity index (χ2v) is 6.28. The Bertz CT molecular complexity index is 454. The molecule has 3 heteroatoms. The molecule has 1 amide bonds. The Morgan fingerprint density at radius 2 is 2.26 bits per heavy atom. The number of benzene rings is 1. The summed E-state index contributed by atoms with van der Waals surface area (Å²) in [4.78, 5) is 11.8. The maximum absolute atomic E-state index is 11.8. The molecule has 1 N–H and O–H groups in total. The lowest BCUT2D eigenvalue weighted by Crippen LogP contribution is -2.36. The van der Waals surface area contributed by atoms with Gasteiger partial charge < -0.3 is 10.1 Å². The molecule has 1 atom stereocenters. The lowest BCUT2D eigenvalue weighted by molar-refractivity contribution is -0.123. The predicted octanol–water partition coefficient (Wildman–Crippen LogP) is 3.07. The van der Waals surface area contributed by atoms with Gasteiger partial charge >= 0.3 is 0 Å². The maximum atomic E-state index is 11.8. The fraction of sp³-hybridized carbons (Fsp3) is 0.562. The van der Waals surface area contributed by atoms with Crippen LogP contribution in [0.1, 0.15) is 38.7 Å². The van der Waals surface area contributed by atoms with Gasteiger partial charge in [0.05, 0.1) is 0 Å². The standard InChI is InChI=1S/C16H23NO2/c1-12-5-4-6-14(9-12)19-11-15(18)17-13-7-8-16(2,3)10-13/h4-6,9,13H,7-8,10-11H2,1-3H3,(H,17,18). The van der Waals surface area contributed by atoms with Gasteiger partial charge in [-0.2, -0.15) is 0 Å². The molecular weight excluding hydrogens is 238 g/mol. The van der Waals surface area contributed by atoms with Crippen LogP contribution in [0.4, 0.5) is 0 Å². The van der Waals surface area contributed by atoms with E-state index < -0.39 is 0 Å². The van der Waals surface area contributed by atoms with Gasteiger partial charge in [0.15, 0.2) is 6.61 Å². The van der Waals surface area contributed by atoms with Crippen molar-refractivity contribution in [1.82, 2.24) is 5.32 Å². The summed E-state index contributed by atoms with van der Waals surface area (Å²) < 4.78 is 5.50. The summed E-state index contributed by atoms with van der Waals surface area (Å²) >= 11 is 0. The van der Waals surface area contributed by atoms with Gasteiger partial charge in [-0.3, -0.25) is 4.79 Å². The quantitative estimate of drug-likeness (QED) is 0.904. The number of aryl methyl sites for hydroxylation is 1. The van der Waals surface area contributed by atoms with Crippen LogP contribution in [0, 0.1) is 12.3 Å². The van der Waals surface area contributed by atoms with Crippen LogP contribution in [-0.2, 0) is 4.79 Å². The van der Waals surface area contributed by atoms with Gasteiger partial charge in [0, 0.05) is 6.04 Å². The van der Waals surface area contributed by atoms with Crippen LogP contribution in [0.25, 0.3) is 0 Å². The minimum absolute atomic E-state index is 0.0239. The number of rotatable bonds is 4. The van der Waals surface area contributed by atoms with E-state index >= 15 is 0 Å². The number of nitrogens with one attached hydrogen (secondary N) is 1. The minimum Gasteiger partial charge on any atom is -0.484 e. The second-order valence-electron chi connectivity index (χ2n) is 6.28. The minimum atomic E-state index is -0.0239. The van der Waals surface area contributed by atoms with Gasteiger partial charge in [-0.25, -0.2) is 0 Å². The third-order valence-corrected chi connectivity index (χ3v) is 3.69. The summed E-state index contributed by atoms with van der Waals surface area (Å²) in [5.41, 5.74) is 1.49. The first-order chi connectivity index (χ1) is 8.94. The molecule has 1 fully saturated rings. The first-order valence-electron chi connectivity index (χ1n) is 6.93. The van der Waals surface area contributed by atoms with E-state index in [0.29, 0.717) is 11.5 Å². The second kappa shape index (κ2) is 5.64. The van der Waals surface area contributed by atoms with Crippen LogP contribution in [0.5, 0.6) is 5.75 Å². The third-order valence-electron chi connectivity index (χ3n) is 3.69. The summed E-state index contributed by atoms with van der Waals surface area (Å²) in [5, 5.41) is 3.06. The number of amides is 1. The highest BCUT2D eigenvalue weighted by Gasteiger charge is 2.31. The average molecular weight is 261 g/mol. The first kappa shape index (κ1) is 13.9. The number of hydrogen-bond acceptors (Lipinski definition) is 2. The molecule has 1 aromatic carbocycles. The van der Waals surface area contributed by atoms with Gasteiger partial charge in [-0.1, -0.05) is 26.0 Å². The van der Waals surface area contributed by atoms with Crippen LogP contribution in [0.3, 0.4) is 0 Å². The molecule has 1 aromatic rings. The Labute approximate surface area is 115 Å². The molecule has 1 unspecified atom stereocenters. The largest absolute Gasteiger partial charge is 0.484 e. The van der Waals surface area contributed by atoms with Crippen LogP contribution in [-0.4, -0.2) is 18.6 Å². The van der Waals surface area contributed by atoms with Gasteiger partial charge in [0.1, 0.15) is 5.75 Å². The van der Waals surface area contributed by atoms with E-state index in [1.54, 1.807) is 0 Å². The fourth-order valence-electron chi connectivity index (χ4n) is 2.68. The molecule has 0 spiro atoms. The molecule has 0 aromatic heterocycles. The molecule has 0 bridgehead atoms. The Balaban J connectivity index is 1.76. The van der Waals surface area contributed by atoms with Gasteiger partial charge in [0.25, 0.3) is 5.91 Å². The smallest absolute Gasteiger partial charge is 0.258 e. The van der Waals surface area contributed by atoms with E-state index in [-0.39, 0.29) is 12.5 Å². The zero-order valence-corrected chi connectivity index (χ0v) is 12.0. The van der Waals surface area contributed by atoms with Crippen LogP contribution in [0.15, 0.2) is 24.3 Å². The highest BCUT2D eigenvalue weighted by atomic mass is 16.5. The molecular formula is C16H23NO2. The van der Waals surface area contributed by atoms with Crippen molar-refractivity contribution in [3.8, 4) is 5.75 Å². The third kappa shape index (κ3) is 4.27. The molecule has 2 rings (SSSR count). The van der Waals surface area contributed by atoms with Crippen molar-refractivity contribution in [1.29, 1.82) is 0 Å². The van der Waals surface area contributed by atoms with Gasteiger partial charge in [-0.15, -0.1) is 0 Å². The molecule has 0 radical (unpaired) electrons. The SMILES string of the molecule is Cc1cccc(OCC(=O)NC2CCC(C)(C)C2)c1. The van der Waals surface area contributed by atoms with E-state index in [0.717, 1.165) is 24.2 Å². The van der Waals surface area contributed by atoms with Crippen molar-refractivity contribution in [2.45, 2.75) is 46.1 Å². The molecule has 0 heterocycles. The zero-order chi connectivity index (χ0) is 13.9. The highest BCUT2D eigenvalue weighted by molar-refractivity contribution is 5.77. The predicted molar refractivity (Wildman–Crippen MR) is 76.2 cm³/mol. The summed E-state index contributed by atoms with van der Waals surface area (Å²) in [5.74, 6) is 0.728. The maximum Gasteiger partial charge on any atom is 0.258 e. The van der Waals surface area contributed by atoms with E-state index in [2.05, 4.69) is 19.2 Å². The van der Waals surface area contributed by atoms with Crippen molar-refractivity contribution in [2.75, 3.05) is 6.61 Å². The molecule has 104 valence electrons. The fourth-order valence-corrected chi connectivity index (χ4v) is 2.68. The Morgan fingerprint density at radius 1 is 1.47 bits per heavy atom. The molecule has 19 heavy (non-hydrogen) atoms. The van der Waals surface area contributed by atoms with Crippen molar-refractivity contribution in [2.24, 2.45) is 5.41 Å². The summed E-state index contributed by atoms with van der Waals surface area (Å²) in [6.07, 6.45) is 3.31. The summed E-state index contributed by atoms with van der Waals surface area (Å²) in [6.45, 7) is 6.61. The Kier molecular flexibility index (Phi) is 4.13. The van der Waals surface area contributed by atoms with Crippen molar-refractivity contribution >= 4 is 5.91 Å². The number of ether oxygens (including phenoxy) is 1. The average Bonchev–Trinajstić information content (AvgIpc) is 2.66. The van der Waals surface area contributed by atoms with E-state index in [4.69, 9.17) is 4.74 Å². The first-order valence-corrected chi connectivity index (χ1v) is 6.93. The lowest BCUT2D eigenvalue weighted by atomic mass is 9.92. The Hall–Kier alpha value is -1.51. The number of carbonyl (C=O) groups is 1. The summed E-state index contributed by atoms with van der Waals surface area (Å²) in [6, 6.07) is 8.06. The Morgan fingerprint density at radius 3 is 2.89 bits per heavy atom. The van der Waals surface area contributed by atoms with Crippen LogP contribution in [0.2, 0.25) is 0 Å². The van der Waals surface area contributed by atoms with Crippen LogP contribution >= 0.6 is 0 Å². The normalized spacial score (nSPS) is 21.1. The monoisotopic (exact) mass is 261 g/mol. The van der Waals surface area contributed by atoms with E-state index in [1.165, 1.54) is 6.42 Å². The summed E-state index contributed by atoms with van der Waals surface area (Å²) in [7, 11) is 0. The zero-order valence-electron chi connectivity index (χ0n) is 12.0. The molecule has 1 saturated carbocycles. The van der Waals surface area contributed by atoms with Crippen molar-refractivity contribution < 1.29 is 9.53 Å². The van der Waals surface area contributed by atoms with E-state index in [9.17, 15) is 4.79 Å². The van der Waals surface area contributed by atoms with Gasteiger partial charge in [-0.05, 0) is 49.3 Å². The molecule has 1 aliphatic rings. The van der Waals surface area contributed by atoms with Gasteiger partial charge in [0.2, 0.25) is 0 Å². The highest BCUT2D eigenvalue weighted by Crippen LogP contribution is 2.36. The molecule has 0 saturated heterocycles. The topological polar surface area (TPSA) is 38.3 Å². The molecule has 1 aliphatic carbocycles. The lowest BCUT2D eigenvalue weighted by Gasteiger charge is -2.18. The number of carbonyl (C=O) groups excluding carboxylic acids is 1. The molecule has 0 aliphatic heterocycles. The molecule has 3 nitrogen and oxygen atoms in total. The van der Waals surface area contributed by atoms with Crippen molar-refractivity contribution in [3.05, 3.63) is 29.8 Å². The van der Waals surface area contributed by atoms with E-state index in [1.807, 2.05) is 31.2 Å². The van der Waals surface area contributed by atoms with Crippen molar-refractivity contribution in [3.63, 3.8) is 0 Å². The van der Waals surface area contributed by atoms with Crippen LogP contribution < -0.4 is 10.1 Å².